The van der Waals surface area contributed by atoms with Crippen molar-refractivity contribution in [3.05, 3.63) is 29.3 Å². The molecule has 2 rings (SSSR count). The third-order valence-corrected chi connectivity index (χ3v) is 2.54. The lowest BCUT2D eigenvalue weighted by atomic mass is 10.2. The molecule has 14 heavy (non-hydrogen) atoms. The second kappa shape index (κ2) is 3.85. The summed E-state index contributed by atoms with van der Waals surface area (Å²) in [5.41, 5.74) is 0.609. The highest BCUT2D eigenvalue weighted by Gasteiger charge is 2.13. The van der Waals surface area contributed by atoms with Gasteiger partial charge >= 0.3 is 0 Å². The second-order valence-electron chi connectivity index (χ2n) is 3.00. The first-order chi connectivity index (χ1) is 6.77. The molecular weight excluding hydrogens is 200 g/mol. The van der Waals surface area contributed by atoms with E-state index in [0.717, 1.165) is 5.82 Å². The number of nitrogens with zero attached hydrogens (tertiary/aromatic N) is 4. The van der Waals surface area contributed by atoms with Crippen molar-refractivity contribution in [2.75, 3.05) is 0 Å². The summed E-state index contributed by atoms with van der Waals surface area (Å²) in [4.78, 5) is 4.12. The fraction of sp³-hybridized carbons (Fsp3) is 0.375. The van der Waals surface area contributed by atoms with E-state index in [4.69, 9.17) is 0 Å². The van der Waals surface area contributed by atoms with Crippen LogP contribution in [0.4, 0.5) is 0 Å². The van der Waals surface area contributed by atoms with Gasteiger partial charge in [0.2, 0.25) is 0 Å². The molecule has 0 aliphatic heterocycles. The van der Waals surface area contributed by atoms with Gasteiger partial charge in [-0.3, -0.25) is 0 Å². The highest BCUT2D eigenvalue weighted by Crippen LogP contribution is 2.15. The Balaban J connectivity index is 2.09. The topological polar surface area (TPSA) is 63.8 Å². The lowest BCUT2D eigenvalue weighted by molar-refractivity contribution is 0.170. The number of aryl methyl sites for hydroxylation is 1. The molecule has 0 saturated carbocycles. The van der Waals surface area contributed by atoms with Gasteiger partial charge < -0.3 is 9.67 Å². The molecule has 1 N–H and O–H groups in total. The number of aliphatic hydroxyl groups excluding tert-OH is 1. The van der Waals surface area contributed by atoms with Crippen molar-refractivity contribution in [2.24, 2.45) is 7.05 Å². The number of imidazole rings is 1. The Labute approximate surface area is 85.2 Å². The monoisotopic (exact) mass is 210 g/mol. The van der Waals surface area contributed by atoms with Crippen LogP contribution in [0.2, 0.25) is 0 Å². The van der Waals surface area contributed by atoms with Gasteiger partial charge in [0.15, 0.2) is 0 Å². The van der Waals surface area contributed by atoms with Crippen LogP contribution < -0.4 is 0 Å². The van der Waals surface area contributed by atoms with E-state index < -0.39 is 6.10 Å². The molecule has 0 spiro atoms. The average molecular weight is 210 g/mol. The Kier molecular flexibility index (Phi) is 2.55. The fourth-order valence-corrected chi connectivity index (χ4v) is 1.69. The summed E-state index contributed by atoms with van der Waals surface area (Å²) < 4.78 is 5.58. The number of aliphatic hydroxyl groups is 1. The van der Waals surface area contributed by atoms with Gasteiger partial charge in [-0.2, -0.15) is 0 Å². The standard InChI is InChI=1S/C8H10N4OS/c1-12-3-2-9-8(12)4-7(13)6-5-14-11-10-6/h2-3,5,7,13H,4H2,1H3. The van der Waals surface area contributed by atoms with Crippen LogP contribution in [-0.4, -0.2) is 24.2 Å². The lowest BCUT2D eigenvalue weighted by Crippen LogP contribution is -2.07. The molecule has 0 aliphatic carbocycles. The van der Waals surface area contributed by atoms with E-state index in [9.17, 15) is 5.11 Å². The molecule has 1 atom stereocenters. The van der Waals surface area contributed by atoms with Gasteiger partial charge in [0.1, 0.15) is 17.6 Å². The predicted octanol–water partition coefficient (Wildman–Crippen LogP) is 0.548. The van der Waals surface area contributed by atoms with E-state index in [2.05, 4.69) is 14.6 Å². The van der Waals surface area contributed by atoms with E-state index in [1.807, 2.05) is 17.8 Å². The number of rotatable bonds is 3. The zero-order valence-electron chi connectivity index (χ0n) is 7.66. The maximum atomic E-state index is 9.76. The largest absolute Gasteiger partial charge is 0.386 e. The predicted molar refractivity (Wildman–Crippen MR) is 51.8 cm³/mol. The van der Waals surface area contributed by atoms with E-state index in [-0.39, 0.29) is 0 Å². The van der Waals surface area contributed by atoms with Crippen molar-refractivity contribution in [1.29, 1.82) is 0 Å². The Morgan fingerprint density at radius 1 is 1.64 bits per heavy atom. The fourth-order valence-electron chi connectivity index (χ4n) is 1.19. The molecule has 0 aliphatic rings. The summed E-state index contributed by atoms with van der Waals surface area (Å²) in [5, 5.41) is 15.3. The van der Waals surface area contributed by atoms with Crippen molar-refractivity contribution in [2.45, 2.75) is 12.5 Å². The molecule has 2 heterocycles. The van der Waals surface area contributed by atoms with Crippen molar-refractivity contribution < 1.29 is 5.11 Å². The first kappa shape index (κ1) is 9.29. The van der Waals surface area contributed by atoms with E-state index in [1.54, 1.807) is 11.6 Å². The molecular formula is C8H10N4OS. The van der Waals surface area contributed by atoms with Crippen molar-refractivity contribution in [3.8, 4) is 0 Å². The Bertz CT molecular complexity index is 397. The number of aromatic nitrogens is 4. The highest BCUT2D eigenvalue weighted by atomic mass is 32.1. The SMILES string of the molecule is Cn1ccnc1CC(O)c1csnn1. The Hall–Kier alpha value is -1.27. The van der Waals surface area contributed by atoms with Crippen LogP contribution in [-0.2, 0) is 13.5 Å². The first-order valence-electron chi connectivity index (χ1n) is 4.18. The summed E-state index contributed by atoms with van der Waals surface area (Å²) in [6.07, 6.45) is 3.41. The highest BCUT2D eigenvalue weighted by molar-refractivity contribution is 7.03. The van der Waals surface area contributed by atoms with Gasteiger partial charge in [-0.25, -0.2) is 4.98 Å². The van der Waals surface area contributed by atoms with Crippen LogP contribution in [0.25, 0.3) is 0 Å². The first-order valence-corrected chi connectivity index (χ1v) is 5.02. The minimum atomic E-state index is -0.616. The van der Waals surface area contributed by atoms with E-state index >= 15 is 0 Å². The summed E-state index contributed by atoms with van der Waals surface area (Å²) in [7, 11) is 1.90. The summed E-state index contributed by atoms with van der Waals surface area (Å²) in [6, 6.07) is 0. The van der Waals surface area contributed by atoms with Crippen LogP contribution in [0.1, 0.15) is 17.6 Å². The molecule has 5 nitrogen and oxygen atoms in total. The summed E-state index contributed by atoms with van der Waals surface area (Å²) in [5.74, 6) is 0.838. The minimum Gasteiger partial charge on any atom is -0.386 e. The van der Waals surface area contributed by atoms with Crippen molar-refractivity contribution in [3.63, 3.8) is 0 Å². The van der Waals surface area contributed by atoms with Crippen molar-refractivity contribution in [1.82, 2.24) is 19.1 Å². The van der Waals surface area contributed by atoms with Gasteiger partial charge in [-0.15, -0.1) is 5.10 Å². The molecule has 74 valence electrons. The molecule has 2 aromatic heterocycles. The van der Waals surface area contributed by atoms with Crippen LogP contribution in [0, 0.1) is 0 Å². The molecule has 0 amide bonds. The zero-order chi connectivity index (χ0) is 9.97. The van der Waals surface area contributed by atoms with Crippen LogP contribution >= 0.6 is 11.5 Å². The maximum Gasteiger partial charge on any atom is 0.111 e. The van der Waals surface area contributed by atoms with Gasteiger partial charge in [0, 0.05) is 31.2 Å². The smallest absolute Gasteiger partial charge is 0.111 e. The summed E-state index contributed by atoms with van der Waals surface area (Å²) in [6.45, 7) is 0. The molecule has 2 aromatic rings. The molecule has 0 aromatic carbocycles. The number of hydrogen-bond donors (Lipinski definition) is 1. The quantitative estimate of drug-likeness (QED) is 0.803. The molecule has 1 unspecified atom stereocenters. The lowest BCUT2D eigenvalue weighted by Gasteiger charge is -2.06. The third kappa shape index (κ3) is 1.80. The molecule has 0 bridgehead atoms. The zero-order valence-corrected chi connectivity index (χ0v) is 8.48. The van der Waals surface area contributed by atoms with Gasteiger partial charge in [-0.05, 0) is 11.5 Å². The van der Waals surface area contributed by atoms with Gasteiger partial charge in [0.25, 0.3) is 0 Å². The maximum absolute atomic E-state index is 9.76. The van der Waals surface area contributed by atoms with Crippen LogP contribution in [0.5, 0.6) is 0 Å². The van der Waals surface area contributed by atoms with Crippen LogP contribution in [0.15, 0.2) is 17.8 Å². The minimum absolute atomic E-state index is 0.467. The van der Waals surface area contributed by atoms with Gasteiger partial charge in [-0.1, -0.05) is 4.49 Å². The third-order valence-electron chi connectivity index (χ3n) is 2.02. The molecule has 0 radical (unpaired) electrons. The van der Waals surface area contributed by atoms with Crippen molar-refractivity contribution >= 4 is 11.5 Å². The average Bonchev–Trinajstić information content (AvgIpc) is 2.77. The Morgan fingerprint density at radius 2 is 2.50 bits per heavy atom. The van der Waals surface area contributed by atoms with Gasteiger partial charge in [0.05, 0.1) is 0 Å². The van der Waals surface area contributed by atoms with Crippen LogP contribution in [0.3, 0.4) is 0 Å². The molecule has 0 saturated heterocycles. The Morgan fingerprint density at radius 3 is 3.07 bits per heavy atom. The number of hydrogen-bond acceptors (Lipinski definition) is 5. The van der Waals surface area contributed by atoms with E-state index in [1.165, 1.54) is 11.5 Å². The molecule has 0 fully saturated rings. The molecule has 6 heteroatoms. The second-order valence-corrected chi connectivity index (χ2v) is 3.61. The normalized spacial score (nSPS) is 13.0. The van der Waals surface area contributed by atoms with E-state index in [0.29, 0.717) is 12.1 Å². The summed E-state index contributed by atoms with van der Waals surface area (Å²) >= 11 is 1.24.